The Morgan fingerprint density at radius 3 is 2.39 bits per heavy atom. The van der Waals surface area contributed by atoms with Gasteiger partial charge in [-0.2, -0.15) is 0 Å². The van der Waals surface area contributed by atoms with Crippen LogP contribution in [0.1, 0.15) is 5.56 Å². The summed E-state index contributed by atoms with van der Waals surface area (Å²) in [4.78, 5) is 19.9. The van der Waals surface area contributed by atoms with Crippen molar-refractivity contribution in [2.45, 2.75) is 5.75 Å². The van der Waals surface area contributed by atoms with Gasteiger partial charge in [0.15, 0.2) is 0 Å². The van der Waals surface area contributed by atoms with Gasteiger partial charge in [0.2, 0.25) is 0 Å². The molecule has 0 radical (unpaired) electrons. The molecule has 0 aromatic heterocycles. The Bertz CT molecular complexity index is 505. The summed E-state index contributed by atoms with van der Waals surface area (Å²) in [7, 11) is -1.31. The van der Waals surface area contributed by atoms with E-state index in [0.29, 0.717) is 0 Å². The third-order valence-corrected chi connectivity index (χ3v) is 3.46. The lowest BCUT2D eigenvalue weighted by Gasteiger charge is -2.02. The number of nitro benzene ring substituents is 2. The zero-order valence-corrected chi connectivity index (χ0v) is 10.1. The average molecular weight is 273 g/mol. The van der Waals surface area contributed by atoms with Gasteiger partial charge >= 0.3 is 0 Å². The first-order valence-corrected chi connectivity index (χ1v) is 6.41. The zero-order chi connectivity index (χ0) is 13.7. The average Bonchev–Trinajstić information content (AvgIpc) is 2.29. The monoisotopic (exact) mass is 273 g/mol. The van der Waals surface area contributed by atoms with E-state index in [1.54, 1.807) is 0 Å². The lowest BCUT2D eigenvalue weighted by Crippen LogP contribution is -2.12. The second kappa shape index (κ2) is 6.17. The van der Waals surface area contributed by atoms with Gasteiger partial charge in [0.25, 0.3) is 11.4 Å². The molecule has 1 aromatic carbocycles. The molecule has 0 aliphatic rings. The second-order valence-corrected chi connectivity index (χ2v) is 4.98. The smallest absolute Gasteiger partial charge is 0.280 e. The number of benzene rings is 1. The highest BCUT2D eigenvalue weighted by Crippen LogP contribution is 2.25. The maximum absolute atomic E-state index is 11.5. The molecule has 0 aliphatic carbocycles. The van der Waals surface area contributed by atoms with Crippen molar-refractivity contribution < 1.29 is 14.1 Å². The summed E-state index contributed by atoms with van der Waals surface area (Å²) in [6.45, 7) is 0.216. The summed E-state index contributed by atoms with van der Waals surface area (Å²) in [5.74, 6) is 0.194. The normalized spacial score (nSPS) is 12.1. The number of rotatable bonds is 6. The first kappa shape index (κ1) is 14.2. The topological polar surface area (TPSA) is 129 Å². The summed E-state index contributed by atoms with van der Waals surface area (Å²) in [5, 5.41) is 21.3. The number of nitrogens with zero attached hydrogens (tertiary/aromatic N) is 2. The van der Waals surface area contributed by atoms with E-state index < -0.39 is 26.3 Å². The van der Waals surface area contributed by atoms with Crippen LogP contribution in [0.4, 0.5) is 11.4 Å². The molecule has 9 heteroatoms. The number of non-ortho nitro benzene ring substituents is 1. The minimum atomic E-state index is -1.31. The van der Waals surface area contributed by atoms with Crippen molar-refractivity contribution in [3.8, 4) is 0 Å². The minimum absolute atomic E-state index is 0.0362. The van der Waals surface area contributed by atoms with E-state index in [-0.39, 0.29) is 29.3 Å². The minimum Gasteiger partial charge on any atom is -0.330 e. The molecule has 1 unspecified atom stereocenters. The van der Waals surface area contributed by atoms with Gasteiger partial charge in [-0.15, -0.1) is 0 Å². The standard InChI is InChI=1S/C9H11N3O5S/c10-3-4-18(17)6-7-1-2-8(11(13)14)5-9(7)12(15)16/h1-2,5H,3-4,6,10H2. The van der Waals surface area contributed by atoms with Crippen molar-refractivity contribution in [3.05, 3.63) is 44.0 Å². The Hall–Kier alpha value is -1.87. The number of nitrogens with two attached hydrogens (primary N) is 1. The Kier molecular flexibility index (Phi) is 4.86. The molecule has 0 saturated carbocycles. The van der Waals surface area contributed by atoms with Gasteiger partial charge in [-0.25, -0.2) is 0 Å². The van der Waals surface area contributed by atoms with Gasteiger partial charge in [-0.3, -0.25) is 24.4 Å². The zero-order valence-electron chi connectivity index (χ0n) is 9.27. The van der Waals surface area contributed by atoms with Crippen LogP contribution < -0.4 is 5.73 Å². The molecule has 0 saturated heterocycles. The highest BCUT2D eigenvalue weighted by atomic mass is 32.2. The van der Waals surface area contributed by atoms with Crippen LogP contribution in [-0.4, -0.2) is 26.4 Å². The van der Waals surface area contributed by atoms with Crippen LogP contribution in [0.3, 0.4) is 0 Å². The molecule has 1 aromatic rings. The van der Waals surface area contributed by atoms with Crippen LogP contribution in [0.25, 0.3) is 0 Å². The van der Waals surface area contributed by atoms with Gasteiger partial charge < -0.3 is 5.73 Å². The largest absolute Gasteiger partial charge is 0.330 e. The van der Waals surface area contributed by atoms with Crippen molar-refractivity contribution in [2.75, 3.05) is 12.3 Å². The van der Waals surface area contributed by atoms with Crippen LogP contribution >= 0.6 is 0 Å². The Labute approximate surface area is 105 Å². The van der Waals surface area contributed by atoms with E-state index in [4.69, 9.17) is 5.73 Å². The third-order valence-electron chi connectivity index (χ3n) is 2.14. The van der Waals surface area contributed by atoms with Crippen molar-refractivity contribution in [1.29, 1.82) is 0 Å². The molecule has 8 nitrogen and oxygen atoms in total. The number of hydrogen-bond donors (Lipinski definition) is 1. The molecule has 0 heterocycles. The third kappa shape index (κ3) is 3.57. The molecule has 1 atom stereocenters. The van der Waals surface area contributed by atoms with Crippen molar-refractivity contribution in [3.63, 3.8) is 0 Å². The highest BCUT2D eigenvalue weighted by molar-refractivity contribution is 7.84. The van der Waals surface area contributed by atoms with E-state index >= 15 is 0 Å². The summed E-state index contributed by atoms with van der Waals surface area (Å²) in [6.07, 6.45) is 0. The molecule has 0 fully saturated rings. The molecule has 18 heavy (non-hydrogen) atoms. The first-order valence-electron chi connectivity index (χ1n) is 4.92. The summed E-state index contributed by atoms with van der Waals surface area (Å²) >= 11 is 0. The van der Waals surface area contributed by atoms with E-state index in [9.17, 15) is 24.4 Å². The molecule has 2 N–H and O–H groups in total. The molecule has 0 aliphatic heterocycles. The predicted octanol–water partition coefficient (Wildman–Crippen LogP) is 0.710. The van der Waals surface area contributed by atoms with E-state index in [2.05, 4.69) is 0 Å². The summed E-state index contributed by atoms with van der Waals surface area (Å²) in [6, 6.07) is 3.28. The fraction of sp³-hybridized carbons (Fsp3) is 0.333. The van der Waals surface area contributed by atoms with Gasteiger partial charge in [-0.1, -0.05) is 0 Å². The Balaban J connectivity index is 3.08. The summed E-state index contributed by atoms with van der Waals surface area (Å²) < 4.78 is 11.5. The van der Waals surface area contributed by atoms with Crippen LogP contribution in [-0.2, 0) is 16.6 Å². The van der Waals surface area contributed by atoms with Gasteiger partial charge in [0, 0.05) is 34.7 Å². The maximum Gasteiger partial charge on any atom is 0.280 e. The maximum atomic E-state index is 11.5. The van der Waals surface area contributed by atoms with Crippen LogP contribution in [0.5, 0.6) is 0 Å². The van der Waals surface area contributed by atoms with Gasteiger partial charge in [-0.05, 0) is 6.07 Å². The molecule has 0 bridgehead atoms. The fourth-order valence-electron chi connectivity index (χ4n) is 1.33. The number of hydrogen-bond acceptors (Lipinski definition) is 6. The predicted molar refractivity (Wildman–Crippen MR) is 65.5 cm³/mol. The van der Waals surface area contributed by atoms with Gasteiger partial charge in [0.05, 0.1) is 21.7 Å². The molecule has 1 rings (SSSR count). The fourth-order valence-corrected chi connectivity index (χ4v) is 2.33. The first-order chi connectivity index (χ1) is 8.45. The SMILES string of the molecule is NCCS(=O)Cc1ccc([N+](=O)[O-])cc1[N+](=O)[O-]. The van der Waals surface area contributed by atoms with Crippen LogP contribution in [0.15, 0.2) is 18.2 Å². The molecule has 0 amide bonds. The van der Waals surface area contributed by atoms with E-state index in [0.717, 1.165) is 12.1 Å². The number of nitro groups is 2. The lowest BCUT2D eigenvalue weighted by molar-refractivity contribution is -0.394. The van der Waals surface area contributed by atoms with Crippen molar-refractivity contribution >= 4 is 22.2 Å². The summed E-state index contributed by atoms with van der Waals surface area (Å²) in [5.41, 5.74) is 4.67. The molecule has 98 valence electrons. The molecule has 0 spiro atoms. The lowest BCUT2D eigenvalue weighted by atomic mass is 10.2. The Morgan fingerprint density at radius 2 is 1.89 bits per heavy atom. The van der Waals surface area contributed by atoms with E-state index in [1.165, 1.54) is 6.07 Å². The van der Waals surface area contributed by atoms with Gasteiger partial charge in [0.1, 0.15) is 0 Å². The van der Waals surface area contributed by atoms with Crippen LogP contribution in [0, 0.1) is 20.2 Å². The second-order valence-electron chi connectivity index (χ2n) is 3.40. The highest BCUT2D eigenvalue weighted by Gasteiger charge is 2.20. The van der Waals surface area contributed by atoms with Crippen LogP contribution in [0.2, 0.25) is 0 Å². The Morgan fingerprint density at radius 1 is 1.22 bits per heavy atom. The quantitative estimate of drug-likeness (QED) is 0.600. The van der Waals surface area contributed by atoms with Crippen molar-refractivity contribution in [2.24, 2.45) is 5.73 Å². The van der Waals surface area contributed by atoms with E-state index in [1.807, 2.05) is 0 Å². The van der Waals surface area contributed by atoms with Crippen molar-refractivity contribution in [1.82, 2.24) is 0 Å². The molecular formula is C9H11N3O5S. The molecular weight excluding hydrogens is 262 g/mol.